The van der Waals surface area contributed by atoms with Crippen LogP contribution in [0, 0.1) is 17.0 Å². The molecular formula is C15H22F2N2O. The molecule has 1 aromatic rings. The van der Waals surface area contributed by atoms with Gasteiger partial charge in [-0.2, -0.15) is 4.98 Å². The fourth-order valence-corrected chi connectivity index (χ4v) is 2.47. The second-order valence-corrected chi connectivity index (χ2v) is 6.12. The molecule has 0 radical (unpaired) electrons. The van der Waals surface area contributed by atoms with E-state index in [1.807, 2.05) is 6.92 Å². The summed E-state index contributed by atoms with van der Waals surface area (Å²) < 4.78 is 32.8. The standard InChI is InChI=1S/C15H22F2N2O/c1-4-18-13-11(16)9-12(17)14(19-13)20-10-5-7-15(2,3)8-6-10/h9-10H,4-8H2,1-3H3,(H,18,19). The van der Waals surface area contributed by atoms with Crippen LogP contribution in [-0.4, -0.2) is 17.6 Å². The zero-order chi connectivity index (χ0) is 14.8. The van der Waals surface area contributed by atoms with Crippen molar-refractivity contribution in [3.63, 3.8) is 0 Å². The van der Waals surface area contributed by atoms with E-state index in [0.29, 0.717) is 12.0 Å². The van der Waals surface area contributed by atoms with Gasteiger partial charge in [0.25, 0.3) is 5.88 Å². The molecule has 0 bridgehead atoms. The van der Waals surface area contributed by atoms with E-state index < -0.39 is 11.6 Å². The third-order valence-electron chi connectivity index (χ3n) is 3.81. The van der Waals surface area contributed by atoms with Crippen LogP contribution >= 0.6 is 0 Å². The summed E-state index contributed by atoms with van der Waals surface area (Å²) in [5.74, 6) is -1.50. The van der Waals surface area contributed by atoms with Gasteiger partial charge in [-0.05, 0) is 38.0 Å². The number of ether oxygens (including phenoxy) is 1. The van der Waals surface area contributed by atoms with Crippen molar-refractivity contribution in [2.24, 2.45) is 5.41 Å². The summed E-state index contributed by atoms with van der Waals surface area (Å²) in [4.78, 5) is 3.91. The van der Waals surface area contributed by atoms with Gasteiger partial charge in [0, 0.05) is 12.6 Å². The minimum atomic E-state index is -0.742. The zero-order valence-corrected chi connectivity index (χ0v) is 12.3. The molecule has 112 valence electrons. The van der Waals surface area contributed by atoms with Gasteiger partial charge in [-0.3, -0.25) is 0 Å². The number of halogens is 2. The summed E-state index contributed by atoms with van der Waals surface area (Å²) in [5, 5.41) is 2.76. The summed E-state index contributed by atoms with van der Waals surface area (Å²) >= 11 is 0. The van der Waals surface area contributed by atoms with Crippen LogP contribution < -0.4 is 10.1 Å². The Morgan fingerprint density at radius 3 is 2.55 bits per heavy atom. The first-order valence-electron chi connectivity index (χ1n) is 7.18. The Morgan fingerprint density at radius 2 is 1.95 bits per heavy atom. The predicted octanol–water partition coefficient (Wildman–Crippen LogP) is 4.14. The van der Waals surface area contributed by atoms with E-state index in [2.05, 4.69) is 24.1 Å². The molecule has 1 heterocycles. The van der Waals surface area contributed by atoms with Crippen molar-refractivity contribution in [1.29, 1.82) is 0 Å². The van der Waals surface area contributed by atoms with Crippen LogP contribution in [0.25, 0.3) is 0 Å². The summed E-state index contributed by atoms with van der Waals surface area (Å²) in [5.41, 5.74) is 0.323. The maximum Gasteiger partial charge on any atom is 0.252 e. The average Bonchev–Trinajstić information content (AvgIpc) is 2.37. The highest BCUT2D eigenvalue weighted by Crippen LogP contribution is 2.36. The second kappa shape index (κ2) is 5.94. The topological polar surface area (TPSA) is 34.2 Å². The average molecular weight is 284 g/mol. The second-order valence-electron chi connectivity index (χ2n) is 6.12. The highest BCUT2D eigenvalue weighted by atomic mass is 19.1. The van der Waals surface area contributed by atoms with E-state index in [1.165, 1.54) is 0 Å². The molecule has 1 aromatic heterocycles. The van der Waals surface area contributed by atoms with Gasteiger partial charge in [0.05, 0.1) is 0 Å². The SMILES string of the molecule is CCNc1nc(OC2CCC(C)(C)CC2)c(F)cc1F. The quantitative estimate of drug-likeness (QED) is 0.902. The van der Waals surface area contributed by atoms with Crippen LogP contribution in [0.1, 0.15) is 46.5 Å². The number of pyridine rings is 1. The van der Waals surface area contributed by atoms with Crippen LogP contribution in [-0.2, 0) is 0 Å². The molecule has 1 aliphatic rings. The van der Waals surface area contributed by atoms with Gasteiger partial charge in [0.15, 0.2) is 17.5 Å². The Bertz CT molecular complexity index is 467. The number of hydrogen-bond donors (Lipinski definition) is 1. The van der Waals surface area contributed by atoms with Crippen molar-refractivity contribution in [2.75, 3.05) is 11.9 Å². The fourth-order valence-electron chi connectivity index (χ4n) is 2.47. The number of anilines is 1. The summed E-state index contributed by atoms with van der Waals surface area (Å²) in [6, 6.07) is 0.826. The Labute approximate surface area is 118 Å². The maximum atomic E-state index is 13.7. The maximum absolute atomic E-state index is 13.7. The Kier molecular flexibility index (Phi) is 4.45. The fraction of sp³-hybridized carbons (Fsp3) is 0.667. The molecular weight excluding hydrogens is 262 g/mol. The number of nitrogens with one attached hydrogen (secondary N) is 1. The molecule has 0 unspecified atom stereocenters. The first-order chi connectivity index (χ1) is 9.41. The third-order valence-corrected chi connectivity index (χ3v) is 3.81. The monoisotopic (exact) mass is 284 g/mol. The van der Waals surface area contributed by atoms with Gasteiger partial charge in [0.1, 0.15) is 6.10 Å². The molecule has 5 heteroatoms. The van der Waals surface area contributed by atoms with Crippen molar-refractivity contribution < 1.29 is 13.5 Å². The molecule has 1 aliphatic carbocycles. The zero-order valence-electron chi connectivity index (χ0n) is 12.3. The predicted molar refractivity (Wildman–Crippen MR) is 75.0 cm³/mol. The summed E-state index contributed by atoms with van der Waals surface area (Å²) in [7, 11) is 0. The van der Waals surface area contributed by atoms with Crippen LogP contribution in [0.2, 0.25) is 0 Å². The molecule has 0 saturated heterocycles. The molecule has 0 aromatic carbocycles. The normalized spacial score (nSPS) is 18.9. The van der Waals surface area contributed by atoms with E-state index in [1.54, 1.807) is 0 Å². The van der Waals surface area contributed by atoms with Crippen molar-refractivity contribution in [1.82, 2.24) is 4.98 Å². The van der Waals surface area contributed by atoms with E-state index in [-0.39, 0.29) is 17.8 Å². The molecule has 2 rings (SSSR count). The van der Waals surface area contributed by atoms with Crippen molar-refractivity contribution >= 4 is 5.82 Å². The molecule has 1 fully saturated rings. The van der Waals surface area contributed by atoms with E-state index in [9.17, 15) is 8.78 Å². The van der Waals surface area contributed by atoms with Gasteiger partial charge in [-0.15, -0.1) is 0 Å². The van der Waals surface area contributed by atoms with Gasteiger partial charge in [-0.1, -0.05) is 13.8 Å². The highest BCUT2D eigenvalue weighted by molar-refractivity contribution is 5.39. The Morgan fingerprint density at radius 1 is 1.30 bits per heavy atom. The van der Waals surface area contributed by atoms with Crippen LogP contribution in [0.15, 0.2) is 6.07 Å². The molecule has 1 N–H and O–H groups in total. The van der Waals surface area contributed by atoms with Crippen molar-refractivity contribution in [2.45, 2.75) is 52.6 Å². The number of aromatic nitrogens is 1. The molecule has 0 spiro atoms. The number of nitrogens with zero attached hydrogens (tertiary/aromatic N) is 1. The number of rotatable bonds is 4. The van der Waals surface area contributed by atoms with Crippen LogP contribution in [0.3, 0.4) is 0 Å². The minimum Gasteiger partial charge on any atom is -0.472 e. The van der Waals surface area contributed by atoms with Crippen LogP contribution in [0.4, 0.5) is 14.6 Å². The molecule has 0 atom stereocenters. The van der Waals surface area contributed by atoms with Crippen molar-refractivity contribution in [3.8, 4) is 5.88 Å². The lowest BCUT2D eigenvalue weighted by Gasteiger charge is -2.34. The Balaban J connectivity index is 2.07. The first-order valence-corrected chi connectivity index (χ1v) is 7.18. The molecule has 0 amide bonds. The lowest BCUT2D eigenvalue weighted by atomic mass is 9.76. The van der Waals surface area contributed by atoms with Gasteiger partial charge in [0.2, 0.25) is 0 Å². The van der Waals surface area contributed by atoms with E-state index >= 15 is 0 Å². The lowest BCUT2D eigenvalue weighted by Crippen LogP contribution is -2.29. The van der Waals surface area contributed by atoms with E-state index in [0.717, 1.165) is 31.7 Å². The number of hydrogen-bond acceptors (Lipinski definition) is 3. The van der Waals surface area contributed by atoms with E-state index in [4.69, 9.17) is 4.74 Å². The van der Waals surface area contributed by atoms with Gasteiger partial charge in [-0.25, -0.2) is 8.78 Å². The Hall–Kier alpha value is -1.39. The molecule has 3 nitrogen and oxygen atoms in total. The largest absolute Gasteiger partial charge is 0.472 e. The molecule has 20 heavy (non-hydrogen) atoms. The van der Waals surface area contributed by atoms with Crippen LogP contribution in [0.5, 0.6) is 5.88 Å². The van der Waals surface area contributed by atoms with Gasteiger partial charge < -0.3 is 10.1 Å². The first kappa shape index (κ1) is 15.0. The summed E-state index contributed by atoms with van der Waals surface area (Å²) in [6.07, 6.45) is 3.80. The third kappa shape index (κ3) is 3.58. The minimum absolute atomic E-state index is 0.0371. The molecule has 1 saturated carbocycles. The highest BCUT2D eigenvalue weighted by Gasteiger charge is 2.28. The lowest BCUT2D eigenvalue weighted by molar-refractivity contribution is 0.0910. The summed E-state index contributed by atoms with van der Waals surface area (Å²) in [6.45, 7) is 6.80. The molecule has 0 aliphatic heterocycles. The smallest absolute Gasteiger partial charge is 0.252 e. The van der Waals surface area contributed by atoms with Crippen molar-refractivity contribution in [3.05, 3.63) is 17.7 Å². The van der Waals surface area contributed by atoms with Gasteiger partial charge >= 0.3 is 0 Å².